The number of amides is 2. The van der Waals surface area contributed by atoms with Gasteiger partial charge in [-0.1, -0.05) is 0 Å². The molecule has 6 aromatic rings. The Kier molecular flexibility index (Phi) is 14.0. The van der Waals surface area contributed by atoms with E-state index in [1.165, 1.54) is 0 Å². The number of likely N-dealkylation sites (N-methyl/N-ethyl adjacent to an activating group) is 1. The summed E-state index contributed by atoms with van der Waals surface area (Å²) in [6.07, 6.45) is -13.3. The third-order valence-corrected chi connectivity index (χ3v) is 12.2. The molecule has 13 nitrogen and oxygen atoms in total. The Morgan fingerprint density at radius 2 is 1.00 bits per heavy atom. The molecule has 68 heavy (non-hydrogen) atoms. The lowest BCUT2D eigenvalue weighted by Gasteiger charge is -2.35. The van der Waals surface area contributed by atoms with Crippen molar-refractivity contribution in [3.63, 3.8) is 0 Å². The number of anilines is 4. The van der Waals surface area contributed by atoms with Crippen LogP contribution in [-0.2, 0) is 21.9 Å². The number of benzene rings is 4. The minimum atomic E-state index is -4.69. The molecule has 2 amide bonds. The minimum Gasteiger partial charge on any atom is -0.476 e. The number of ether oxygens (including phenoxy) is 2. The topological polar surface area (TPSA) is 136 Å². The number of aliphatic hydroxyl groups excluding tert-OH is 1. The Balaban J connectivity index is 1.12. The number of nitrogens with one attached hydrogen (secondary N) is 2. The molecule has 3 N–H and O–H groups in total. The van der Waals surface area contributed by atoms with E-state index in [2.05, 4.69) is 37.3 Å². The molecule has 2 aliphatic heterocycles. The van der Waals surface area contributed by atoms with Crippen molar-refractivity contribution in [3.05, 3.63) is 119 Å². The van der Waals surface area contributed by atoms with Crippen molar-refractivity contribution in [2.45, 2.75) is 38.4 Å². The van der Waals surface area contributed by atoms with Gasteiger partial charge < -0.3 is 39.9 Å². The summed E-state index contributed by atoms with van der Waals surface area (Å²) in [4.78, 5) is 47.7. The molecule has 19 heteroatoms. The maximum absolute atomic E-state index is 14.6. The number of rotatable bonds is 13. The minimum absolute atomic E-state index is 0.0792. The number of halogens is 6. The lowest BCUT2D eigenvalue weighted by atomic mass is 10.1. The highest BCUT2D eigenvalue weighted by molar-refractivity contribution is 6.04. The number of aromatic nitrogens is 2. The number of aryl methyl sites for hydroxylation is 2. The van der Waals surface area contributed by atoms with Crippen LogP contribution >= 0.6 is 0 Å². The van der Waals surface area contributed by atoms with Crippen LogP contribution in [0.1, 0.15) is 22.3 Å². The average molecular weight is 945 g/mol. The summed E-state index contributed by atoms with van der Waals surface area (Å²) < 4.78 is 93.8. The van der Waals surface area contributed by atoms with Crippen molar-refractivity contribution < 1.29 is 50.5 Å². The van der Waals surface area contributed by atoms with Crippen molar-refractivity contribution in [2.75, 3.05) is 93.0 Å². The first-order valence-corrected chi connectivity index (χ1v) is 22.1. The van der Waals surface area contributed by atoms with Crippen molar-refractivity contribution in [1.82, 2.24) is 19.8 Å². The summed E-state index contributed by atoms with van der Waals surface area (Å²) in [5.41, 5.74) is 1.53. The van der Waals surface area contributed by atoms with Crippen LogP contribution in [0.5, 0.6) is 11.5 Å². The number of nitrogens with zero attached hydrogens (tertiary/aromatic N) is 6. The van der Waals surface area contributed by atoms with Gasteiger partial charge in [0.05, 0.1) is 28.8 Å². The van der Waals surface area contributed by atoms with E-state index in [1.54, 1.807) is 36.4 Å². The van der Waals surface area contributed by atoms with E-state index >= 15 is 0 Å². The largest absolute Gasteiger partial charge is 0.476 e. The summed E-state index contributed by atoms with van der Waals surface area (Å²) in [6.45, 7) is 10.8. The van der Waals surface area contributed by atoms with E-state index in [9.17, 15) is 41.0 Å². The van der Waals surface area contributed by atoms with Gasteiger partial charge in [0.1, 0.15) is 23.1 Å². The monoisotopic (exact) mass is 944 g/mol. The molecule has 2 fully saturated rings. The van der Waals surface area contributed by atoms with Gasteiger partial charge in [-0.05, 0) is 129 Å². The Morgan fingerprint density at radius 3 is 1.38 bits per heavy atom. The molecule has 0 radical (unpaired) electrons. The fraction of sp³-hybridized carbons (Fsp3) is 0.347. The molecule has 0 aliphatic carbocycles. The predicted octanol–water partition coefficient (Wildman–Crippen LogP) is 7.78. The number of pyridine rings is 2. The molecule has 2 saturated heterocycles. The highest BCUT2D eigenvalue weighted by atomic mass is 19.4. The average Bonchev–Trinajstić information content (AvgIpc) is 3.30. The van der Waals surface area contributed by atoms with Gasteiger partial charge in [0.25, 0.3) is 11.8 Å². The number of carbonyl (C=O) groups excluding carboxylic acids is 2. The fourth-order valence-corrected chi connectivity index (χ4v) is 8.28. The van der Waals surface area contributed by atoms with E-state index in [1.807, 2.05) is 26.0 Å². The van der Waals surface area contributed by atoms with Gasteiger partial charge in [-0.2, -0.15) is 26.3 Å². The van der Waals surface area contributed by atoms with E-state index in [4.69, 9.17) is 19.4 Å². The zero-order valence-corrected chi connectivity index (χ0v) is 37.5. The highest BCUT2D eigenvalue weighted by Gasteiger charge is 2.40. The molecular formula is C49H50F6N8O5. The van der Waals surface area contributed by atoms with Gasteiger partial charge in [0, 0.05) is 81.1 Å². The predicted molar refractivity (Wildman–Crippen MR) is 247 cm³/mol. The Labute approximate surface area is 388 Å². The van der Waals surface area contributed by atoms with Crippen LogP contribution in [0, 0.1) is 13.8 Å². The first-order valence-electron chi connectivity index (χ1n) is 22.1. The number of β-amino-alcohol motifs (C(OH)–C–C–N with tert-alkyl or cyclic N) is 1. The zero-order chi connectivity index (χ0) is 48.3. The molecule has 0 bridgehead atoms. The smallest absolute Gasteiger partial charge is 0.416 e. The SMILES string of the molecule is Cc1cc(N2CCN(C)CC2)nc2ccc(NC(=O)C(Oc3ccc(C(F)(F)F)cc3)C(Oc3ccc(C(F)(F)F)cc3)C(=O)Nc3ccc4nc(N5CCN(CCO)CC5)cc(C)c4c3)cc12. The van der Waals surface area contributed by atoms with Crippen molar-refractivity contribution in [2.24, 2.45) is 0 Å². The summed E-state index contributed by atoms with van der Waals surface area (Å²) >= 11 is 0. The van der Waals surface area contributed by atoms with E-state index in [0.717, 1.165) is 111 Å². The summed E-state index contributed by atoms with van der Waals surface area (Å²) in [7, 11) is 2.06. The second-order valence-electron chi connectivity index (χ2n) is 17.0. The van der Waals surface area contributed by atoms with E-state index in [0.29, 0.717) is 41.4 Å². The van der Waals surface area contributed by atoms with Gasteiger partial charge in [-0.15, -0.1) is 0 Å². The van der Waals surface area contributed by atoms with Crippen LogP contribution in [0.15, 0.2) is 97.1 Å². The quantitative estimate of drug-likeness (QED) is 0.0981. The lowest BCUT2D eigenvalue weighted by Crippen LogP contribution is -2.51. The Bertz CT molecular complexity index is 2760. The van der Waals surface area contributed by atoms with Gasteiger partial charge in [-0.3, -0.25) is 14.5 Å². The van der Waals surface area contributed by atoms with Crippen LogP contribution in [0.25, 0.3) is 21.8 Å². The number of hydrogen-bond acceptors (Lipinski definition) is 11. The third-order valence-electron chi connectivity index (χ3n) is 12.2. The first kappa shape index (κ1) is 47.8. The molecule has 358 valence electrons. The van der Waals surface area contributed by atoms with Crippen LogP contribution in [0.3, 0.4) is 0 Å². The standard InChI is InChI=1S/C49H50F6N8O5/c1-30-26-42(62-20-16-60(3)17-21-62)58-40-14-8-34(28-38(30)40)56-46(65)44(67-36-10-4-32(5-11-36)48(50,51)52)45(68-37-12-6-33(7-13-37)49(53,54)55)47(66)57-35-9-15-41-39(29-35)31(2)27-43(59-41)63-22-18-61(19-23-63)24-25-64/h4-15,26-29,44-45,64H,16-25H2,1-3H3,(H,56,65)(H,57,66). The second-order valence-corrected chi connectivity index (χ2v) is 17.0. The lowest BCUT2D eigenvalue weighted by molar-refractivity contribution is -0.138. The third kappa shape index (κ3) is 11.2. The first-order chi connectivity index (χ1) is 32.4. The molecule has 2 atom stereocenters. The summed E-state index contributed by atoms with van der Waals surface area (Å²) in [5, 5.41) is 16.3. The molecule has 0 spiro atoms. The number of piperazine rings is 2. The maximum Gasteiger partial charge on any atom is 0.416 e. The molecular weight excluding hydrogens is 895 g/mol. The number of aliphatic hydroxyl groups is 1. The highest BCUT2D eigenvalue weighted by Crippen LogP contribution is 2.34. The molecule has 4 aromatic carbocycles. The van der Waals surface area contributed by atoms with Crippen LogP contribution in [0.4, 0.5) is 49.4 Å². The van der Waals surface area contributed by atoms with Crippen LogP contribution < -0.4 is 29.9 Å². The normalized spacial score (nSPS) is 16.1. The van der Waals surface area contributed by atoms with E-state index in [-0.39, 0.29) is 29.5 Å². The van der Waals surface area contributed by atoms with Gasteiger partial charge >= 0.3 is 12.4 Å². The van der Waals surface area contributed by atoms with Gasteiger partial charge in [0.2, 0.25) is 12.2 Å². The van der Waals surface area contributed by atoms with E-state index < -0.39 is 47.5 Å². The van der Waals surface area contributed by atoms with Crippen molar-refractivity contribution >= 4 is 56.6 Å². The van der Waals surface area contributed by atoms with Crippen LogP contribution in [-0.4, -0.2) is 121 Å². The number of hydrogen-bond donors (Lipinski definition) is 3. The molecule has 4 heterocycles. The number of fused-ring (bicyclic) bond motifs is 2. The van der Waals surface area contributed by atoms with Crippen LogP contribution in [0.2, 0.25) is 0 Å². The fourth-order valence-electron chi connectivity index (χ4n) is 8.28. The summed E-state index contributed by atoms with van der Waals surface area (Å²) in [6, 6.07) is 20.8. The Morgan fingerprint density at radius 1 is 0.603 bits per heavy atom. The molecule has 0 saturated carbocycles. The van der Waals surface area contributed by atoms with Gasteiger partial charge in [-0.25, -0.2) is 9.97 Å². The molecule has 2 aromatic heterocycles. The van der Waals surface area contributed by atoms with Gasteiger partial charge in [0.15, 0.2) is 0 Å². The maximum atomic E-state index is 14.6. The summed E-state index contributed by atoms with van der Waals surface area (Å²) in [5.74, 6) is -0.818. The van der Waals surface area contributed by atoms with Crippen molar-refractivity contribution in [3.8, 4) is 11.5 Å². The molecule has 2 aliphatic rings. The Hall–Kier alpha value is -6.70. The van der Waals surface area contributed by atoms with Crippen molar-refractivity contribution in [1.29, 1.82) is 0 Å². The zero-order valence-electron chi connectivity index (χ0n) is 37.5. The number of carbonyl (C=O) groups is 2. The second kappa shape index (κ2) is 19.9. The molecule has 8 rings (SSSR count). The number of alkyl halides is 6. The molecule has 2 unspecified atom stereocenters.